The lowest BCUT2D eigenvalue weighted by atomic mass is 9.91. The number of halogens is 2. The SMILES string of the molecule is CC(=NI)C(C)(C)CI. The molecule has 0 aliphatic carbocycles. The van der Waals surface area contributed by atoms with Crippen LogP contribution in [0.2, 0.25) is 0 Å². The third kappa shape index (κ3) is 3.15. The Balaban J connectivity index is 4.14. The quantitative estimate of drug-likeness (QED) is 0.412. The lowest BCUT2D eigenvalue weighted by Gasteiger charge is -2.19. The van der Waals surface area contributed by atoms with Crippen LogP contribution in [0.3, 0.4) is 0 Å². The van der Waals surface area contributed by atoms with Crippen LogP contribution in [-0.2, 0) is 0 Å². The molecule has 0 amide bonds. The Bertz CT molecular complexity index is 118. The average molecular weight is 351 g/mol. The molecule has 0 bridgehead atoms. The van der Waals surface area contributed by atoms with E-state index in [9.17, 15) is 0 Å². The highest BCUT2D eigenvalue weighted by molar-refractivity contribution is 14.1. The minimum Gasteiger partial charge on any atom is -0.224 e. The molecule has 3 heteroatoms. The van der Waals surface area contributed by atoms with Crippen molar-refractivity contribution in [2.24, 2.45) is 8.62 Å². The maximum atomic E-state index is 4.11. The van der Waals surface area contributed by atoms with E-state index in [0.29, 0.717) is 0 Å². The van der Waals surface area contributed by atoms with Gasteiger partial charge in [-0.1, -0.05) is 36.4 Å². The first-order valence-corrected chi connectivity index (χ1v) is 5.25. The minimum atomic E-state index is 0.280. The molecule has 0 unspecified atom stereocenters. The maximum absolute atomic E-state index is 4.11. The van der Waals surface area contributed by atoms with Gasteiger partial charge in [-0.2, -0.15) is 0 Å². The van der Waals surface area contributed by atoms with E-state index < -0.39 is 0 Å². The summed E-state index contributed by atoms with van der Waals surface area (Å²) in [4.78, 5) is 0. The summed E-state index contributed by atoms with van der Waals surface area (Å²) in [6.45, 7) is 6.49. The van der Waals surface area contributed by atoms with E-state index in [0.717, 1.165) is 4.43 Å². The van der Waals surface area contributed by atoms with Crippen molar-refractivity contribution < 1.29 is 0 Å². The number of nitrogens with zero attached hydrogens (tertiary/aromatic N) is 1. The second-order valence-electron chi connectivity index (χ2n) is 2.69. The van der Waals surface area contributed by atoms with Gasteiger partial charge in [0.15, 0.2) is 0 Å². The molecule has 0 aromatic rings. The van der Waals surface area contributed by atoms with E-state index in [2.05, 4.69) is 46.6 Å². The van der Waals surface area contributed by atoms with Crippen LogP contribution in [0.15, 0.2) is 3.21 Å². The Morgan fingerprint density at radius 2 is 2.00 bits per heavy atom. The van der Waals surface area contributed by atoms with Gasteiger partial charge in [-0.3, -0.25) is 0 Å². The normalized spacial score (nSPS) is 14.1. The van der Waals surface area contributed by atoms with Crippen LogP contribution < -0.4 is 0 Å². The third-order valence-electron chi connectivity index (χ3n) is 1.44. The summed E-state index contributed by atoms with van der Waals surface area (Å²) in [5.74, 6) is 0. The summed E-state index contributed by atoms with van der Waals surface area (Å²) in [5.41, 5.74) is 1.50. The molecule has 0 N–H and O–H groups in total. The lowest BCUT2D eigenvalue weighted by Crippen LogP contribution is -2.22. The maximum Gasteiger partial charge on any atom is 0.0830 e. The van der Waals surface area contributed by atoms with Gasteiger partial charge in [0.1, 0.15) is 0 Å². The first kappa shape index (κ1) is 10.1. The van der Waals surface area contributed by atoms with Crippen LogP contribution in [0.1, 0.15) is 20.8 Å². The van der Waals surface area contributed by atoms with Crippen LogP contribution in [0.25, 0.3) is 0 Å². The largest absolute Gasteiger partial charge is 0.224 e. The number of hydrogen-bond donors (Lipinski definition) is 0. The van der Waals surface area contributed by atoms with Gasteiger partial charge in [0.25, 0.3) is 0 Å². The summed E-state index contributed by atoms with van der Waals surface area (Å²) in [6, 6.07) is 0. The molecule has 0 saturated heterocycles. The molecule has 0 aromatic carbocycles. The average Bonchev–Trinajstić information content (AvgIpc) is 1.86. The van der Waals surface area contributed by atoms with Crippen molar-refractivity contribution in [3.05, 3.63) is 0 Å². The lowest BCUT2D eigenvalue weighted by molar-refractivity contribution is 0.613. The summed E-state index contributed by atoms with van der Waals surface area (Å²) in [5, 5.41) is 0. The fourth-order valence-corrected chi connectivity index (χ4v) is 1.42. The van der Waals surface area contributed by atoms with Crippen LogP contribution in [0, 0.1) is 5.41 Å². The van der Waals surface area contributed by atoms with Gasteiger partial charge in [-0.15, -0.1) is 0 Å². The van der Waals surface area contributed by atoms with E-state index in [-0.39, 0.29) is 5.41 Å². The molecule has 0 radical (unpaired) electrons. The highest BCUT2D eigenvalue weighted by atomic mass is 127. The predicted octanol–water partition coefficient (Wildman–Crippen LogP) is 3.26. The molecular weight excluding hydrogens is 340 g/mol. The van der Waals surface area contributed by atoms with Crippen LogP contribution in [0.5, 0.6) is 0 Å². The number of rotatable bonds is 2. The highest BCUT2D eigenvalue weighted by Crippen LogP contribution is 2.21. The van der Waals surface area contributed by atoms with Crippen molar-refractivity contribution in [3.8, 4) is 0 Å². The Morgan fingerprint density at radius 1 is 1.56 bits per heavy atom. The zero-order valence-electron chi connectivity index (χ0n) is 5.91. The molecule has 0 atom stereocenters. The van der Waals surface area contributed by atoms with Crippen LogP contribution in [-0.4, -0.2) is 10.1 Å². The molecular formula is C6H11I2N. The second-order valence-corrected chi connectivity index (χ2v) is 3.93. The van der Waals surface area contributed by atoms with E-state index in [1.807, 2.05) is 22.9 Å². The van der Waals surface area contributed by atoms with E-state index >= 15 is 0 Å². The summed E-state index contributed by atoms with van der Waals surface area (Å²) in [6.07, 6.45) is 0. The first-order chi connectivity index (χ1) is 4.04. The molecule has 0 heterocycles. The summed E-state index contributed by atoms with van der Waals surface area (Å²) < 4.78 is 5.24. The van der Waals surface area contributed by atoms with Crippen molar-refractivity contribution >= 4 is 51.2 Å². The van der Waals surface area contributed by atoms with Crippen LogP contribution in [0.4, 0.5) is 0 Å². The van der Waals surface area contributed by atoms with Crippen molar-refractivity contribution in [2.75, 3.05) is 4.43 Å². The van der Waals surface area contributed by atoms with Crippen molar-refractivity contribution in [1.29, 1.82) is 0 Å². The van der Waals surface area contributed by atoms with Crippen molar-refractivity contribution in [3.63, 3.8) is 0 Å². The molecule has 0 fully saturated rings. The first-order valence-electron chi connectivity index (χ1n) is 2.76. The topological polar surface area (TPSA) is 12.4 Å². The van der Waals surface area contributed by atoms with Crippen molar-refractivity contribution in [2.45, 2.75) is 20.8 Å². The molecule has 0 rings (SSSR count). The number of hydrogen-bond acceptors (Lipinski definition) is 1. The Hall–Kier alpha value is 1.13. The zero-order chi connectivity index (χ0) is 7.49. The van der Waals surface area contributed by atoms with E-state index in [1.54, 1.807) is 0 Å². The molecule has 0 saturated carbocycles. The fourth-order valence-electron chi connectivity index (χ4n) is 0.211. The summed E-state index contributed by atoms with van der Waals surface area (Å²) in [7, 11) is 0. The molecule has 1 nitrogen and oxygen atoms in total. The minimum absolute atomic E-state index is 0.280. The van der Waals surface area contributed by atoms with E-state index in [1.165, 1.54) is 5.71 Å². The fraction of sp³-hybridized carbons (Fsp3) is 0.833. The molecule has 0 aromatic heterocycles. The van der Waals surface area contributed by atoms with Gasteiger partial charge in [-0.25, -0.2) is 3.21 Å². The Morgan fingerprint density at radius 3 is 2.11 bits per heavy atom. The Kier molecular flexibility index (Phi) is 4.62. The van der Waals surface area contributed by atoms with Gasteiger partial charge in [0, 0.05) is 15.6 Å². The number of alkyl halides is 1. The van der Waals surface area contributed by atoms with Crippen LogP contribution >= 0.6 is 45.5 Å². The summed E-state index contributed by atoms with van der Waals surface area (Å²) >= 11 is 4.43. The Labute approximate surface area is 84.3 Å². The van der Waals surface area contributed by atoms with Gasteiger partial charge < -0.3 is 0 Å². The predicted molar refractivity (Wildman–Crippen MR) is 59.8 cm³/mol. The monoisotopic (exact) mass is 351 g/mol. The smallest absolute Gasteiger partial charge is 0.0830 e. The second kappa shape index (κ2) is 4.10. The zero-order valence-corrected chi connectivity index (χ0v) is 10.2. The molecule has 0 spiro atoms. The molecule has 9 heavy (non-hydrogen) atoms. The molecule has 54 valence electrons. The van der Waals surface area contributed by atoms with Gasteiger partial charge in [0.05, 0.1) is 22.9 Å². The third-order valence-corrected chi connectivity index (χ3v) is 4.07. The van der Waals surface area contributed by atoms with Gasteiger partial charge in [-0.05, 0) is 6.92 Å². The van der Waals surface area contributed by atoms with Gasteiger partial charge in [0.2, 0.25) is 0 Å². The van der Waals surface area contributed by atoms with Gasteiger partial charge >= 0.3 is 0 Å². The van der Waals surface area contributed by atoms with E-state index in [4.69, 9.17) is 0 Å². The molecule has 0 aliphatic rings. The highest BCUT2D eigenvalue weighted by Gasteiger charge is 2.18. The van der Waals surface area contributed by atoms with Crippen molar-refractivity contribution in [1.82, 2.24) is 0 Å². The molecule has 0 aliphatic heterocycles. The standard InChI is InChI=1S/C6H11I2N/c1-5(9-8)6(2,3)4-7/h4H2,1-3H3.